The van der Waals surface area contributed by atoms with Gasteiger partial charge in [-0.05, 0) is 36.4 Å². The minimum Gasteiger partial charge on any atom is -0.478 e. The van der Waals surface area contributed by atoms with Gasteiger partial charge in [0, 0.05) is 11.8 Å². The minimum atomic E-state index is -1.01. The second-order valence-corrected chi connectivity index (χ2v) is 4.16. The summed E-state index contributed by atoms with van der Waals surface area (Å²) in [4.78, 5) is 11.0. The van der Waals surface area contributed by atoms with Gasteiger partial charge in [-0.2, -0.15) is 5.26 Å². The van der Waals surface area contributed by atoms with Gasteiger partial charge in [-0.1, -0.05) is 0 Å². The molecular weight excluding hydrogens is 256 g/mol. The number of nitrogens with zero attached hydrogens (tertiary/aromatic N) is 4. The van der Waals surface area contributed by atoms with Crippen molar-refractivity contribution >= 4 is 11.6 Å². The number of carboxylic acid groups (broad SMARTS) is 1. The molecule has 3 rings (SSSR count). The molecule has 2 heterocycles. The molecule has 0 saturated carbocycles. The number of carbonyl (C=O) groups is 1. The SMILES string of the molecule is N#Cc1ccc(-c2nnc3ccc(C(=O)O)cn23)cc1. The molecule has 0 radical (unpaired) electrons. The first-order chi connectivity index (χ1) is 9.69. The fourth-order valence-corrected chi connectivity index (χ4v) is 1.91. The predicted octanol–water partition coefficient (Wildman–Crippen LogP) is 1.97. The normalized spacial score (nSPS) is 10.3. The minimum absolute atomic E-state index is 0.159. The number of carboxylic acids is 1. The maximum atomic E-state index is 11.0. The van der Waals surface area contributed by atoms with E-state index in [1.165, 1.54) is 12.3 Å². The quantitative estimate of drug-likeness (QED) is 0.764. The molecule has 0 saturated heterocycles. The van der Waals surface area contributed by atoms with Crippen molar-refractivity contribution < 1.29 is 9.90 Å². The Morgan fingerprint density at radius 1 is 1.15 bits per heavy atom. The molecule has 1 N–H and O–H groups in total. The first kappa shape index (κ1) is 11.9. The van der Waals surface area contributed by atoms with E-state index in [1.807, 2.05) is 6.07 Å². The Morgan fingerprint density at radius 3 is 2.55 bits per heavy atom. The summed E-state index contributed by atoms with van der Waals surface area (Å²) in [5.74, 6) is -0.473. The van der Waals surface area contributed by atoms with E-state index in [1.54, 1.807) is 34.7 Å². The molecule has 0 unspecified atom stereocenters. The zero-order valence-electron chi connectivity index (χ0n) is 10.2. The Bertz CT molecular complexity index is 844. The van der Waals surface area contributed by atoms with Gasteiger partial charge in [-0.3, -0.25) is 4.40 Å². The van der Waals surface area contributed by atoms with Gasteiger partial charge >= 0.3 is 5.97 Å². The Labute approximate surface area is 113 Å². The van der Waals surface area contributed by atoms with Crippen molar-refractivity contribution in [3.05, 3.63) is 53.7 Å². The second kappa shape index (κ2) is 4.48. The van der Waals surface area contributed by atoms with Crippen LogP contribution in [-0.4, -0.2) is 25.7 Å². The van der Waals surface area contributed by atoms with Gasteiger partial charge in [-0.25, -0.2) is 4.79 Å². The summed E-state index contributed by atoms with van der Waals surface area (Å²) in [5, 5.41) is 25.9. The second-order valence-electron chi connectivity index (χ2n) is 4.16. The molecule has 0 fully saturated rings. The topological polar surface area (TPSA) is 91.3 Å². The number of pyridine rings is 1. The fraction of sp³-hybridized carbons (Fsp3) is 0. The van der Waals surface area contributed by atoms with Gasteiger partial charge in [0.1, 0.15) is 0 Å². The van der Waals surface area contributed by atoms with Crippen LogP contribution in [0.25, 0.3) is 17.0 Å². The van der Waals surface area contributed by atoms with Gasteiger partial charge in [0.25, 0.3) is 0 Å². The van der Waals surface area contributed by atoms with Gasteiger partial charge in [-0.15, -0.1) is 10.2 Å². The van der Waals surface area contributed by atoms with Gasteiger partial charge in [0.2, 0.25) is 0 Å². The van der Waals surface area contributed by atoms with E-state index < -0.39 is 5.97 Å². The highest BCUT2D eigenvalue weighted by Crippen LogP contribution is 2.19. The number of aromatic carboxylic acids is 1. The Morgan fingerprint density at radius 2 is 1.90 bits per heavy atom. The molecule has 0 atom stereocenters. The molecule has 0 bridgehead atoms. The van der Waals surface area contributed by atoms with E-state index in [9.17, 15) is 4.79 Å². The Hall–Kier alpha value is -3.20. The largest absolute Gasteiger partial charge is 0.478 e. The van der Waals surface area contributed by atoms with Crippen molar-refractivity contribution in [2.75, 3.05) is 0 Å². The van der Waals surface area contributed by atoms with E-state index in [0.717, 1.165) is 5.56 Å². The van der Waals surface area contributed by atoms with Crippen LogP contribution in [0.4, 0.5) is 0 Å². The average molecular weight is 264 g/mol. The van der Waals surface area contributed by atoms with Crippen molar-refractivity contribution in [3.8, 4) is 17.5 Å². The van der Waals surface area contributed by atoms with Crippen LogP contribution in [0.2, 0.25) is 0 Å². The van der Waals surface area contributed by atoms with Crippen LogP contribution in [0.3, 0.4) is 0 Å². The van der Waals surface area contributed by atoms with E-state index in [2.05, 4.69) is 10.2 Å². The molecular formula is C14H8N4O2. The molecule has 20 heavy (non-hydrogen) atoms. The number of fused-ring (bicyclic) bond motifs is 1. The molecule has 0 aliphatic carbocycles. The number of aromatic nitrogens is 3. The zero-order valence-corrected chi connectivity index (χ0v) is 10.2. The number of hydrogen-bond donors (Lipinski definition) is 1. The lowest BCUT2D eigenvalue weighted by Crippen LogP contribution is -1.99. The van der Waals surface area contributed by atoms with Gasteiger partial charge < -0.3 is 5.11 Å². The molecule has 96 valence electrons. The summed E-state index contributed by atoms with van der Waals surface area (Å²) in [7, 11) is 0. The molecule has 0 spiro atoms. The first-order valence-corrected chi connectivity index (χ1v) is 5.77. The van der Waals surface area contributed by atoms with Crippen molar-refractivity contribution in [1.82, 2.24) is 14.6 Å². The van der Waals surface area contributed by atoms with Crippen molar-refractivity contribution in [2.45, 2.75) is 0 Å². The number of benzene rings is 1. The molecule has 0 aliphatic heterocycles. The summed E-state index contributed by atoms with van der Waals surface area (Å²) < 4.78 is 1.62. The van der Waals surface area contributed by atoms with Crippen LogP contribution in [-0.2, 0) is 0 Å². The summed E-state index contributed by atoms with van der Waals surface area (Å²) in [6.07, 6.45) is 1.48. The van der Waals surface area contributed by atoms with Crippen LogP contribution in [0, 0.1) is 11.3 Å². The van der Waals surface area contributed by atoms with Crippen LogP contribution in [0.1, 0.15) is 15.9 Å². The predicted molar refractivity (Wildman–Crippen MR) is 70.1 cm³/mol. The fourth-order valence-electron chi connectivity index (χ4n) is 1.91. The van der Waals surface area contributed by atoms with Crippen LogP contribution >= 0.6 is 0 Å². The summed E-state index contributed by atoms with van der Waals surface area (Å²) >= 11 is 0. The summed E-state index contributed by atoms with van der Waals surface area (Å²) in [5.41, 5.74) is 2.04. The summed E-state index contributed by atoms with van der Waals surface area (Å²) in [6.45, 7) is 0. The van der Waals surface area contributed by atoms with Crippen molar-refractivity contribution in [2.24, 2.45) is 0 Å². The van der Waals surface area contributed by atoms with Crippen molar-refractivity contribution in [1.29, 1.82) is 5.26 Å². The average Bonchev–Trinajstić information content (AvgIpc) is 2.90. The molecule has 3 aromatic rings. The monoisotopic (exact) mass is 264 g/mol. The highest BCUT2D eigenvalue weighted by Gasteiger charge is 2.10. The van der Waals surface area contributed by atoms with Crippen LogP contribution < -0.4 is 0 Å². The lowest BCUT2D eigenvalue weighted by Gasteiger charge is -2.01. The number of hydrogen-bond acceptors (Lipinski definition) is 4. The zero-order chi connectivity index (χ0) is 14.1. The standard InChI is InChI=1S/C14H8N4O2/c15-7-9-1-3-10(4-2-9)13-17-16-12-6-5-11(14(19)20)8-18(12)13/h1-6,8H,(H,19,20). The van der Waals surface area contributed by atoms with Gasteiger partial charge in [0.15, 0.2) is 11.5 Å². The maximum Gasteiger partial charge on any atom is 0.337 e. The Kier molecular flexibility index (Phi) is 2.66. The highest BCUT2D eigenvalue weighted by molar-refractivity contribution is 5.87. The third kappa shape index (κ3) is 1.87. The third-order valence-electron chi connectivity index (χ3n) is 2.92. The smallest absolute Gasteiger partial charge is 0.337 e. The van der Waals surface area contributed by atoms with E-state index in [4.69, 9.17) is 10.4 Å². The lowest BCUT2D eigenvalue weighted by molar-refractivity contribution is 0.0696. The first-order valence-electron chi connectivity index (χ1n) is 5.77. The molecule has 1 aromatic carbocycles. The molecule has 6 nitrogen and oxygen atoms in total. The van der Waals surface area contributed by atoms with Crippen molar-refractivity contribution in [3.63, 3.8) is 0 Å². The molecule has 6 heteroatoms. The third-order valence-corrected chi connectivity index (χ3v) is 2.92. The molecule has 0 aliphatic rings. The maximum absolute atomic E-state index is 11.0. The highest BCUT2D eigenvalue weighted by atomic mass is 16.4. The Balaban J connectivity index is 2.17. The van der Waals surface area contributed by atoms with Crippen LogP contribution in [0.5, 0.6) is 0 Å². The van der Waals surface area contributed by atoms with E-state index in [-0.39, 0.29) is 5.56 Å². The molecule has 2 aromatic heterocycles. The number of rotatable bonds is 2. The number of nitriles is 1. The molecule has 0 amide bonds. The van der Waals surface area contributed by atoms with E-state index in [0.29, 0.717) is 17.0 Å². The van der Waals surface area contributed by atoms with E-state index >= 15 is 0 Å². The lowest BCUT2D eigenvalue weighted by atomic mass is 10.1. The summed E-state index contributed by atoms with van der Waals surface area (Å²) in [6, 6.07) is 12.0. The van der Waals surface area contributed by atoms with Crippen LogP contribution in [0.15, 0.2) is 42.6 Å². The van der Waals surface area contributed by atoms with Gasteiger partial charge in [0.05, 0.1) is 17.2 Å².